The number of hydrogen-bond acceptors (Lipinski definition) is 0. The maximum atomic E-state index is 2.57. The Morgan fingerprint density at radius 2 is 0.400 bits per heavy atom. The number of benzene rings is 23. The normalized spacial score (nSPS) is 12.4. The van der Waals surface area contributed by atoms with E-state index in [-0.39, 0.29) is 0 Å². The van der Waals surface area contributed by atoms with Crippen molar-refractivity contribution in [2.75, 3.05) is 0 Å². The molecule has 150 heavy (non-hydrogen) atoms. The number of nitrogens with zero attached hydrogens (tertiary/aromatic N) is 6. The van der Waals surface area contributed by atoms with Crippen LogP contribution < -0.4 is 0 Å². The molecular weight excluding hydrogens is 1810 g/mol. The fraction of sp³-hybridized carbons (Fsp3) is 0.0139. The molecule has 0 saturated carbocycles. The SMILES string of the molecule is C1=CC(c2ccc(-c3ccc4c(c3)c3cc(-c5cccc(-c6cccc(-c7ccc8c(c7)c7cccc(-c9ccc%10c(c9)c9cc(-c%11ccccc%11)ccc9n%10-c9ccccc9)c7n8-c7ccccc7)c6)c5)ccc3n4-c3ccccc3)c3c2c2ccc(-c4ccc5c6cc(-c7ccc(-c8ccccc8)c8c9cc(-c%10ccccc%10)ccc9n(-c9ccccc9)c78)ccc6n(-c6ccccc6)c5c4)cc2n3-c2ccccc2)=CCC1. The highest BCUT2D eigenvalue weighted by Crippen LogP contribution is 2.52. The Kier molecular flexibility index (Phi) is 20.1. The predicted molar refractivity (Wildman–Crippen MR) is 633 cm³/mol. The molecular formula is C144H94N6. The van der Waals surface area contributed by atoms with Crippen molar-refractivity contribution >= 4 is 136 Å². The molecule has 0 atom stereocenters. The van der Waals surface area contributed by atoms with Gasteiger partial charge in [0.25, 0.3) is 0 Å². The van der Waals surface area contributed by atoms with Gasteiger partial charge in [-0.3, -0.25) is 0 Å². The molecule has 0 fully saturated rings. The standard InChI is InChI=1S/C144H94N6/c1-11-34-93(35-12-1)101-62-75-132-126(84-101)128-89-107(66-80-134(128)145(132)110-46-19-5-20-47-110)118-58-33-59-122-125-85-103(65-77-136(125)148(142(118)122)113-52-25-8-26-53-113)99-44-31-42-97(82-99)98-43-32-45-100(83-98)104-64-76-133-127(86-104)129-90-109(68-81-135(129)146(133)111-48-21-6-22-49-111)119-73-71-116(95-38-15-3-16-39-95)140-123-70-61-106(92-139(123)150(143(119)140)115-56-29-10-30-57-115)105-60-69-121-124-88-108(67-79-131(124)147(138(121)91-105)112-50-23-7-24-51-112)120-74-72-117(96-40-17-4-18-41-96)141-130-87-102(94-36-13-2-14-37-94)63-78-137(130)149(144(120)141)114-54-27-9-28-55-114/h1-2,4-15,17-92H,3,16H2. The van der Waals surface area contributed by atoms with Crippen molar-refractivity contribution in [3.8, 4) is 145 Å². The molecule has 6 heterocycles. The molecule has 6 nitrogen and oxygen atoms in total. The Morgan fingerprint density at radius 3 is 0.820 bits per heavy atom. The van der Waals surface area contributed by atoms with Crippen molar-refractivity contribution in [2.45, 2.75) is 12.8 Å². The summed E-state index contributed by atoms with van der Waals surface area (Å²) in [6.45, 7) is 0. The molecule has 6 heteroatoms. The van der Waals surface area contributed by atoms with Gasteiger partial charge in [0.15, 0.2) is 0 Å². The van der Waals surface area contributed by atoms with Crippen LogP contribution in [0.3, 0.4) is 0 Å². The second kappa shape index (κ2) is 35.1. The minimum atomic E-state index is 0.981. The first kappa shape index (κ1) is 85.9. The molecule has 0 N–H and O–H groups in total. The van der Waals surface area contributed by atoms with Crippen molar-refractivity contribution in [2.24, 2.45) is 0 Å². The minimum Gasteiger partial charge on any atom is -0.309 e. The maximum absolute atomic E-state index is 2.57. The van der Waals surface area contributed by atoms with Gasteiger partial charge in [-0.1, -0.05) is 364 Å². The third-order valence-corrected chi connectivity index (χ3v) is 31.6. The van der Waals surface area contributed by atoms with E-state index in [0.717, 1.165) is 158 Å². The van der Waals surface area contributed by atoms with Crippen LogP contribution in [0.5, 0.6) is 0 Å². The smallest absolute Gasteiger partial charge is 0.0625 e. The van der Waals surface area contributed by atoms with E-state index in [1.165, 1.54) is 142 Å². The fourth-order valence-electron chi connectivity index (χ4n) is 24.7. The second-order valence-corrected chi connectivity index (χ2v) is 40.0. The highest BCUT2D eigenvalue weighted by Gasteiger charge is 2.29. The number of para-hydroxylation sites is 7. The third kappa shape index (κ3) is 14.0. The molecule has 0 amide bonds. The lowest BCUT2D eigenvalue weighted by Crippen LogP contribution is -1.97. The molecule has 0 bridgehead atoms. The van der Waals surface area contributed by atoms with E-state index in [4.69, 9.17) is 0 Å². The molecule has 30 rings (SSSR count). The topological polar surface area (TPSA) is 29.6 Å². The van der Waals surface area contributed by atoms with Crippen LogP contribution in [0.1, 0.15) is 18.4 Å². The summed E-state index contributed by atoms with van der Waals surface area (Å²) in [4.78, 5) is 0. The summed E-state index contributed by atoms with van der Waals surface area (Å²) in [5.74, 6) is 0. The number of allylic oxidation sites excluding steroid dienone is 4. The summed E-state index contributed by atoms with van der Waals surface area (Å²) in [6.07, 6.45) is 9.14. The van der Waals surface area contributed by atoms with Crippen LogP contribution >= 0.6 is 0 Å². The van der Waals surface area contributed by atoms with Gasteiger partial charge in [0.2, 0.25) is 0 Å². The lowest BCUT2D eigenvalue weighted by molar-refractivity contribution is 1.04. The van der Waals surface area contributed by atoms with Gasteiger partial charge in [-0.25, -0.2) is 0 Å². The van der Waals surface area contributed by atoms with E-state index in [0.29, 0.717) is 0 Å². The number of rotatable bonds is 17. The molecule has 1 aliphatic carbocycles. The lowest BCUT2D eigenvalue weighted by atomic mass is 9.91. The van der Waals surface area contributed by atoms with Crippen LogP contribution in [0.25, 0.3) is 282 Å². The summed E-state index contributed by atoms with van der Waals surface area (Å²) in [5, 5.41) is 14.4. The molecule has 0 aliphatic heterocycles. The van der Waals surface area contributed by atoms with E-state index in [1.807, 2.05) is 0 Å². The third-order valence-electron chi connectivity index (χ3n) is 31.6. The molecule has 29 aromatic rings. The van der Waals surface area contributed by atoms with Gasteiger partial charge >= 0.3 is 0 Å². The van der Waals surface area contributed by atoms with E-state index in [9.17, 15) is 0 Å². The van der Waals surface area contributed by atoms with Gasteiger partial charge in [0.05, 0.1) is 66.2 Å². The first-order valence-corrected chi connectivity index (χ1v) is 52.0. The molecule has 0 saturated heterocycles. The summed E-state index contributed by atoms with van der Waals surface area (Å²) >= 11 is 0. The monoisotopic (exact) mass is 1910 g/mol. The number of aromatic nitrogens is 6. The van der Waals surface area contributed by atoms with Gasteiger partial charge in [0, 0.05) is 115 Å². The summed E-state index contributed by atoms with van der Waals surface area (Å²) < 4.78 is 14.9. The van der Waals surface area contributed by atoms with E-state index < -0.39 is 0 Å². The summed E-state index contributed by atoms with van der Waals surface area (Å²) in [5.41, 5.74) is 46.3. The van der Waals surface area contributed by atoms with Gasteiger partial charge in [-0.05, 0) is 301 Å². The van der Waals surface area contributed by atoms with Crippen LogP contribution in [-0.2, 0) is 0 Å². The predicted octanol–water partition coefficient (Wildman–Crippen LogP) is 38.7. The van der Waals surface area contributed by atoms with E-state index in [2.05, 4.69) is 573 Å². The van der Waals surface area contributed by atoms with Gasteiger partial charge in [0.1, 0.15) is 0 Å². The molecule has 1 aliphatic rings. The highest BCUT2D eigenvalue weighted by molar-refractivity contribution is 6.25. The Hall–Kier alpha value is -19.7. The zero-order valence-corrected chi connectivity index (χ0v) is 82.1. The minimum absolute atomic E-state index is 0.981. The zero-order chi connectivity index (χ0) is 98.5. The van der Waals surface area contributed by atoms with Crippen LogP contribution in [0.15, 0.2) is 546 Å². The highest BCUT2D eigenvalue weighted by atomic mass is 15.0. The molecule has 700 valence electrons. The zero-order valence-electron chi connectivity index (χ0n) is 82.1. The Bertz CT molecular complexity index is 10600. The van der Waals surface area contributed by atoms with Gasteiger partial charge in [-0.15, -0.1) is 0 Å². The second-order valence-electron chi connectivity index (χ2n) is 40.0. The number of fused-ring (bicyclic) bond motifs is 18. The average molecular weight is 1910 g/mol. The molecule has 0 unspecified atom stereocenters. The van der Waals surface area contributed by atoms with Crippen LogP contribution in [0, 0.1) is 0 Å². The molecule has 0 spiro atoms. The van der Waals surface area contributed by atoms with Crippen LogP contribution in [0.2, 0.25) is 0 Å². The first-order chi connectivity index (χ1) is 74.4. The Morgan fingerprint density at radius 1 is 0.133 bits per heavy atom. The molecule has 6 aromatic heterocycles. The first-order valence-electron chi connectivity index (χ1n) is 52.0. The Labute approximate surface area is 867 Å². The van der Waals surface area contributed by atoms with Gasteiger partial charge in [-0.2, -0.15) is 0 Å². The molecule has 23 aromatic carbocycles. The van der Waals surface area contributed by atoms with Crippen molar-refractivity contribution < 1.29 is 0 Å². The van der Waals surface area contributed by atoms with E-state index >= 15 is 0 Å². The maximum Gasteiger partial charge on any atom is 0.0625 e. The van der Waals surface area contributed by atoms with Crippen molar-refractivity contribution in [1.29, 1.82) is 0 Å². The lowest BCUT2D eigenvalue weighted by Gasteiger charge is -2.15. The van der Waals surface area contributed by atoms with Crippen molar-refractivity contribution in [1.82, 2.24) is 27.4 Å². The van der Waals surface area contributed by atoms with Crippen LogP contribution in [-0.4, -0.2) is 27.4 Å². The Balaban J connectivity index is 0.535. The summed E-state index contributed by atoms with van der Waals surface area (Å²) in [7, 11) is 0. The van der Waals surface area contributed by atoms with Crippen molar-refractivity contribution in [3.63, 3.8) is 0 Å². The quantitative estimate of drug-likeness (QED) is 0.0870. The number of hydrogen-bond donors (Lipinski definition) is 0. The largest absolute Gasteiger partial charge is 0.309 e. The molecule has 0 radical (unpaired) electrons. The summed E-state index contributed by atoms with van der Waals surface area (Å²) in [6, 6.07) is 197. The average Bonchev–Trinajstić information content (AvgIpc) is 1.56. The van der Waals surface area contributed by atoms with Crippen LogP contribution in [0.4, 0.5) is 0 Å². The fourth-order valence-corrected chi connectivity index (χ4v) is 24.7. The van der Waals surface area contributed by atoms with Gasteiger partial charge < -0.3 is 27.4 Å². The van der Waals surface area contributed by atoms with Crippen molar-refractivity contribution in [3.05, 3.63) is 552 Å². The van der Waals surface area contributed by atoms with E-state index in [1.54, 1.807) is 0 Å².